The number of amides is 1. The second-order valence-electron chi connectivity index (χ2n) is 9.47. The molecule has 0 radical (unpaired) electrons. The molecule has 0 unspecified atom stereocenters. The zero-order chi connectivity index (χ0) is 30.0. The van der Waals surface area contributed by atoms with Crippen LogP contribution < -0.4 is 0 Å². The van der Waals surface area contributed by atoms with E-state index in [0.717, 1.165) is 16.2 Å². The molecule has 0 aliphatic heterocycles. The molecule has 0 saturated carbocycles. The third-order valence-electron chi connectivity index (χ3n) is 6.25. The summed E-state index contributed by atoms with van der Waals surface area (Å²) in [5.41, 5.74) is 0.712. The van der Waals surface area contributed by atoms with Crippen molar-refractivity contribution in [2.75, 3.05) is 14.2 Å². The van der Waals surface area contributed by atoms with Gasteiger partial charge in [0.05, 0.1) is 0 Å². The predicted molar refractivity (Wildman–Crippen MR) is 134 cm³/mol. The molecule has 1 aliphatic rings. The van der Waals surface area contributed by atoms with Crippen LogP contribution in [0.1, 0.15) is 44.5 Å². The van der Waals surface area contributed by atoms with Crippen LogP contribution in [0.2, 0.25) is 18.1 Å². The topological polar surface area (TPSA) is 118 Å². The number of methoxy groups -OCH3 is 1. The molecule has 1 aliphatic carbocycles. The third-order valence-corrected chi connectivity index (χ3v) is 12.6. The molecule has 37 heavy (non-hydrogen) atoms. The Hall–Kier alpha value is -2.07. The molecular formula is C27H35NO7SiW. The van der Waals surface area contributed by atoms with Crippen molar-refractivity contribution in [3.8, 4) is 0 Å². The molecular weight excluding hydrogens is 662 g/mol. The molecule has 0 bridgehead atoms. The summed E-state index contributed by atoms with van der Waals surface area (Å²) in [5, 5.41) is 0.158. The van der Waals surface area contributed by atoms with E-state index in [0.29, 0.717) is 11.5 Å². The molecule has 1 aromatic rings. The summed E-state index contributed by atoms with van der Waals surface area (Å²) in [4.78, 5) is 14.7. The van der Waals surface area contributed by atoms with Crippen molar-refractivity contribution >= 4 is 18.2 Å². The summed E-state index contributed by atoms with van der Waals surface area (Å²) in [6, 6.07) is 9.46. The van der Waals surface area contributed by atoms with E-state index in [1.54, 1.807) is 7.11 Å². The molecule has 10 heteroatoms. The van der Waals surface area contributed by atoms with Gasteiger partial charge in [0.25, 0.3) is 0 Å². The van der Waals surface area contributed by atoms with Gasteiger partial charge in [0.1, 0.15) is 0 Å². The number of carbonyl (C=O) groups excluding carboxylic acids is 1. The van der Waals surface area contributed by atoms with Crippen LogP contribution in [0.5, 0.6) is 0 Å². The average Bonchev–Trinajstić information content (AvgIpc) is 2.91. The van der Waals surface area contributed by atoms with E-state index in [2.05, 4.69) is 73.5 Å². The number of rotatable bonds is 6. The van der Waals surface area contributed by atoms with Crippen molar-refractivity contribution < 1.29 is 51.9 Å². The monoisotopic (exact) mass is 697 g/mol. The molecule has 1 aromatic carbocycles. The molecule has 1 amide bonds. The maximum atomic E-state index is 12.9. The van der Waals surface area contributed by atoms with Crippen LogP contribution in [0.25, 0.3) is 0 Å². The fraction of sp³-hybridized carbons (Fsp3) is 0.481. The normalized spacial score (nSPS) is 17.9. The summed E-state index contributed by atoms with van der Waals surface area (Å²) in [6.07, 6.45) is 2.94. The number of nitrogens with zero attached hydrogens (tertiary/aromatic N) is 1. The number of allylic oxidation sites excluding steroid dienone is 1. The molecule has 0 heterocycles. The zero-order valence-corrected chi connectivity index (χ0v) is 26.5. The Balaban J connectivity index is -0.00000131. The summed E-state index contributed by atoms with van der Waals surface area (Å²) in [6.45, 7) is 31.6. The van der Waals surface area contributed by atoms with Crippen molar-refractivity contribution in [1.29, 1.82) is 0 Å². The van der Waals surface area contributed by atoms with Crippen LogP contribution in [-0.4, -0.2) is 43.4 Å². The van der Waals surface area contributed by atoms with Gasteiger partial charge in [-0.25, -0.2) is 0 Å². The SMILES string of the molecule is CO[C@@H]1C=C(O[Si](C)(C)C(C)(C)C)C[C@H](C)[C@H]1[C](=[W])N(C)C(=O)c1ccccc1.[C-]#[O+].[C-]#[O+].[C-]#[O+].[C-]#[O+]. The van der Waals surface area contributed by atoms with E-state index in [4.69, 9.17) is 27.8 Å². The first kappa shape index (κ1) is 39.4. The van der Waals surface area contributed by atoms with Gasteiger partial charge < -0.3 is 0 Å². The Kier molecular flexibility index (Phi) is 21.3. The minimum absolute atomic E-state index is 0.0324. The molecule has 0 aromatic heterocycles. The molecule has 0 N–H and O–H groups in total. The molecule has 0 saturated heterocycles. The van der Waals surface area contributed by atoms with Crippen LogP contribution in [0, 0.1) is 38.4 Å². The van der Waals surface area contributed by atoms with Crippen LogP contribution in [-0.2, 0) is 47.1 Å². The van der Waals surface area contributed by atoms with Gasteiger partial charge in [-0.2, -0.15) is 0 Å². The fourth-order valence-electron chi connectivity index (χ4n) is 3.38. The molecule has 200 valence electrons. The molecule has 0 spiro atoms. The van der Waals surface area contributed by atoms with Crippen LogP contribution in [0.4, 0.5) is 0 Å². The van der Waals surface area contributed by atoms with E-state index in [1.165, 1.54) is 19.4 Å². The molecule has 2 rings (SSSR count). The number of carbonyl (C=O) groups is 1. The Labute approximate surface area is 233 Å². The fourth-order valence-corrected chi connectivity index (χ4v) is 6.10. The van der Waals surface area contributed by atoms with Crippen LogP contribution >= 0.6 is 0 Å². The first-order valence-electron chi connectivity index (χ1n) is 11.0. The van der Waals surface area contributed by atoms with Crippen molar-refractivity contribution in [3.05, 3.63) is 74.3 Å². The second-order valence-corrected chi connectivity index (χ2v) is 15.7. The van der Waals surface area contributed by atoms with Gasteiger partial charge in [-0.15, -0.1) is 0 Å². The summed E-state index contributed by atoms with van der Waals surface area (Å²) in [5.74, 6) is 1.58. The van der Waals surface area contributed by atoms with Gasteiger partial charge in [0.2, 0.25) is 0 Å². The van der Waals surface area contributed by atoms with E-state index >= 15 is 0 Å². The van der Waals surface area contributed by atoms with E-state index < -0.39 is 8.32 Å². The average molecular weight is 698 g/mol. The maximum absolute atomic E-state index is 12.9. The zero-order valence-electron chi connectivity index (χ0n) is 22.6. The van der Waals surface area contributed by atoms with Gasteiger partial charge >= 0.3 is 234 Å². The van der Waals surface area contributed by atoms with E-state index in [-0.39, 0.29) is 23.0 Å². The van der Waals surface area contributed by atoms with Gasteiger partial charge in [-0.1, -0.05) is 0 Å². The third kappa shape index (κ3) is 11.9. The molecule has 8 nitrogen and oxygen atoms in total. The Morgan fingerprint density at radius 1 is 1.03 bits per heavy atom. The quantitative estimate of drug-likeness (QED) is 0.240. The summed E-state index contributed by atoms with van der Waals surface area (Å²) < 4.78 is 43.6. The molecule has 0 fully saturated rings. The van der Waals surface area contributed by atoms with Gasteiger partial charge in [0.15, 0.2) is 0 Å². The number of hydrogen-bond donors (Lipinski definition) is 0. The van der Waals surface area contributed by atoms with Gasteiger partial charge in [-0.05, 0) is 0 Å². The first-order valence-corrected chi connectivity index (χ1v) is 15.4. The Bertz CT molecular complexity index is 922. The molecule has 3 atom stereocenters. The van der Waals surface area contributed by atoms with Crippen molar-refractivity contribution in [2.24, 2.45) is 11.8 Å². The Morgan fingerprint density at radius 2 is 1.49 bits per heavy atom. The van der Waals surface area contributed by atoms with Gasteiger partial charge in [0, 0.05) is 0 Å². The number of benzene rings is 1. The summed E-state index contributed by atoms with van der Waals surface area (Å²) in [7, 11) is 1.74. The van der Waals surface area contributed by atoms with Crippen LogP contribution in [0.3, 0.4) is 0 Å². The van der Waals surface area contributed by atoms with Crippen molar-refractivity contribution in [1.82, 2.24) is 4.90 Å². The minimum atomic E-state index is -1.89. The second kappa shape index (κ2) is 20.0. The van der Waals surface area contributed by atoms with Crippen molar-refractivity contribution in [2.45, 2.75) is 58.4 Å². The Morgan fingerprint density at radius 3 is 1.89 bits per heavy atom. The van der Waals surface area contributed by atoms with Gasteiger partial charge in [-0.3, -0.25) is 0 Å². The number of hydrogen-bond acceptors (Lipinski definition) is 3. The first-order chi connectivity index (χ1) is 17.4. The van der Waals surface area contributed by atoms with E-state index in [9.17, 15) is 4.79 Å². The van der Waals surface area contributed by atoms with E-state index in [1.807, 2.05) is 42.3 Å². The van der Waals surface area contributed by atoms with Crippen molar-refractivity contribution in [3.63, 3.8) is 0 Å². The predicted octanol–water partition coefficient (Wildman–Crippen LogP) is 4.86. The summed E-state index contributed by atoms with van der Waals surface area (Å²) >= 11 is 1.30. The standard InChI is InChI=1S/C23H35NO3Si.4CO.W/c1-17-14-19(27-28(7,8)23(2,3)4)15-21(26-6)20(17)16-24(5)22(25)18-12-10-9-11-13-18;4*1-2;/h9-13,15,17,20-21H,14H2,1-8H3;;;;;/t17-,20+,21+;;;;;/m0...../s1. The number of ether oxygens (including phenoxy) is 1. The van der Waals surface area contributed by atoms with Crippen LogP contribution in [0.15, 0.2) is 42.2 Å².